The molecule has 0 heteroatoms. The third-order valence-corrected chi connectivity index (χ3v) is 3.86. The highest BCUT2D eigenvalue weighted by Crippen LogP contribution is 2.33. The quantitative estimate of drug-likeness (QED) is 0.685. The zero-order chi connectivity index (χ0) is 12.2. The second-order valence-corrected chi connectivity index (χ2v) is 5.13. The Bertz CT molecular complexity index is 492. The van der Waals surface area contributed by atoms with Gasteiger partial charge in [0.25, 0.3) is 0 Å². The van der Waals surface area contributed by atoms with Crippen LogP contribution in [0.15, 0.2) is 42.5 Å². The first-order chi connectivity index (χ1) is 8.93. The van der Waals surface area contributed by atoms with Crippen molar-refractivity contribution in [2.24, 2.45) is 0 Å². The molecule has 0 saturated heterocycles. The zero-order valence-corrected chi connectivity index (χ0v) is 10.7. The molecule has 0 N–H and O–H groups in total. The molecular formula is C18H18. The van der Waals surface area contributed by atoms with Crippen molar-refractivity contribution in [2.45, 2.75) is 38.0 Å². The van der Waals surface area contributed by atoms with Gasteiger partial charge in [0.15, 0.2) is 0 Å². The van der Waals surface area contributed by atoms with Crippen molar-refractivity contribution in [1.29, 1.82) is 0 Å². The first-order valence-electron chi connectivity index (χ1n) is 6.93. The van der Waals surface area contributed by atoms with Crippen molar-refractivity contribution in [1.82, 2.24) is 0 Å². The summed E-state index contributed by atoms with van der Waals surface area (Å²) < 4.78 is 0. The fourth-order valence-corrected chi connectivity index (χ4v) is 2.86. The third kappa shape index (κ3) is 2.48. The average molecular weight is 234 g/mol. The lowest BCUT2D eigenvalue weighted by molar-refractivity contribution is 0.443. The highest BCUT2D eigenvalue weighted by molar-refractivity contribution is 5.62. The van der Waals surface area contributed by atoms with E-state index in [9.17, 15) is 0 Å². The van der Waals surface area contributed by atoms with Crippen molar-refractivity contribution in [3.05, 3.63) is 60.2 Å². The molecule has 2 aromatic carbocycles. The monoisotopic (exact) mass is 234 g/mol. The van der Waals surface area contributed by atoms with Crippen molar-refractivity contribution < 1.29 is 0 Å². The maximum absolute atomic E-state index is 3.60. The van der Waals surface area contributed by atoms with Crippen molar-refractivity contribution in [3.8, 4) is 11.1 Å². The first kappa shape index (κ1) is 11.5. The van der Waals surface area contributed by atoms with E-state index in [1.165, 1.54) is 43.2 Å². The molecule has 18 heavy (non-hydrogen) atoms. The van der Waals surface area contributed by atoms with Crippen LogP contribution in [0.4, 0.5) is 0 Å². The van der Waals surface area contributed by atoms with Crippen LogP contribution in [0, 0.1) is 12.1 Å². The summed E-state index contributed by atoms with van der Waals surface area (Å²) in [6.45, 7) is 0. The van der Waals surface area contributed by atoms with Crippen LogP contribution in [0.25, 0.3) is 11.1 Å². The van der Waals surface area contributed by atoms with E-state index in [1.807, 2.05) is 12.1 Å². The lowest BCUT2D eigenvalue weighted by Gasteiger charge is -2.22. The summed E-state index contributed by atoms with van der Waals surface area (Å²) in [5.41, 5.74) is 3.72. The van der Waals surface area contributed by atoms with Gasteiger partial charge in [0, 0.05) is 0 Å². The third-order valence-electron chi connectivity index (χ3n) is 3.86. The maximum atomic E-state index is 3.60. The van der Waals surface area contributed by atoms with E-state index in [1.54, 1.807) is 0 Å². The number of hydrogen-bond acceptors (Lipinski definition) is 0. The topological polar surface area (TPSA) is 0 Å². The Morgan fingerprint density at radius 2 is 1.67 bits per heavy atom. The minimum Gasteiger partial charge on any atom is -0.0616 e. The Hall–Kier alpha value is -1.56. The molecule has 0 atom stereocenters. The molecule has 0 spiro atoms. The zero-order valence-electron chi connectivity index (χ0n) is 10.7. The van der Waals surface area contributed by atoms with Gasteiger partial charge in [-0.15, -0.1) is 0 Å². The Morgan fingerprint density at radius 3 is 2.44 bits per heavy atom. The molecular weight excluding hydrogens is 216 g/mol. The van der Waals surface area contributed by atoms with E-state index in [-0.39, 0.29) is 0 Å². The molecule has 2 radical (unpaired) electrons. The molecule has 1 saturated carbocycles. The summed E-state index contributed by atoms with van der Waals surface area (Å²) in [7, 11) is 0. The summed E-state index contributed by atoms with van der Waals surface area (Å²) >= 11 is 0. The van der Waals surface area contributed by atoms with Crippen molar-refractivity contribution in [3.63, 3.8) is 0 Å². The summed E-state index contributed by atoms with van der Waals surface area (Å²) in [5.74, 6) is 0.724. The van der Waals surface area contributed by atoms with E-state index in [2.05, 4.69) is 42.5 Å². The minimum absolute atomic E-state index is 0.724. The first-order valence-corrected chi connectivity index (χ1v) is 6.93. The van der Waals surface area contributed by atoms with Crippen LogP contribution in [0.5, 0.6) is 0 Å². The Kier molecular flexibility index (Phi) is 3.45. The van der Waals surface area contributed by atoms with Gasteiger partial charge in [-0.2, -0.15) is 0 Å². The number of hydrogen-bond donors (Lipinski definition) is 0. The Labute approximate surface area is 110 Å². The van der Waals surface area contributed by atoms with Gasteiger partial charge in [0.1, 0.15) is 0 Å². The van der Waals surface area contributed by atoms with Crippen LogP contribution >= 0.6 is 0 Å². The smallest absolute Gasteiger partial charge is 0.00611 e. The minimum atomic E-state index is 0.724. The molecule has 0 nitrogen and oxygen atoms in total. The Balaban J connectivity index is 1.89. The van der Waals surface area contributed by atoms with Crippen molar-refractivity contribution >= 4 is 0 Å². The molecule has 0 aromatic heterocycles. The van der Waals surface area contributed by atoms with Gasteiger partial charge in [0.2, 0.25) is 0 Å². The van der Waals surface area contributed by atoms with Gasteiger partial charge in [-0.1, -0.05) is 61.7 Å². The van der Waals surface area contributed by atoms with Crippen LogP contribution in [0.3, 0.4) is 0 Å². The van der Waals surface area contributed by atoms with E-state index >= 15 is 0 Å². The largest absolute Gasteiger partial charge is 0.0616 e. The summed E-state index contributed by atoms with van der Waals surface area (Å²) in [6, 6.07) is 21.6. The van der Waals surface area contributed by atoms with E-state index in [4.69, 9.17) is 0 Å². The predicted octanol–water partition coefficient (Wildman–Crippen LogP) is 5.00. The molecule has 0 heterocycles. The van der Waals surface area contributed by atoms with Gasteiger partial charge in [-0.25, -0.2) is 0 Å². The van der Waals surface area contributed by atoms with Crippen LogP contribution in [0.2, 0.25) is 0 Å². The van der Waals surface area contributed by atoms with Gasteiger partial charge in [-0.3, -0.25) is 0 Å². The van der Waals surface area contributed by atoms with Gasteiger partial charge < -0.3 is 0 Å². The lowest BCUT2D eigenvalue weighted by atomic mass is 9.83. The second-order valence-electron chi connectivity index (χ2n) is 5.13. The lowest BCUT2D eigenvalue weighted by Crippen LogP contribution is -2.04. The van der Waals surface area contributed by atoms with Crippen LogP contribution in [-0.4, -0.2) is 0 Å². The van der Waals surface area contributed by atoms with Crippen LogP contribution in [0.1, 0.15) is 43.6 Å². The molecule has 0 aliphatic heterocycles. The number of rotatable bonds is 2. The molecule has 90 valence electrons. The summed E-state index contributed by atoms with van der Waals surface area (Å²) in [5, 5.41) is 0. The predicted molar refractivity (Wildman–Crippen MR) is 75.4 cm³/mol. The van der Waals surface area contributed by atoms with E-state index < -0.39 is 0 Å². The molecule has 0 amide bonds. The highest BCUT2D eigenvalue weighted by Gasteiger charge is 2.15. The molecule has 1 aliphatic rings. The summed E-state index contributed by atoms with van der Waals surface area (Å²) in [4.78, 5) is 0. The fourth-order valence-electron chi connectivity index (χ4n) is 2.86. The SMILES string of the molecule is [c]1ccccc1-c1[c]c(C2CCCCC2)ccc1. The highest BCUT2D eigenvalue weighted by atomic mass is 14.2. The molecule has 3 rings (SSSR count). The maximum Gasteiger partial charge on any atom is -0.00611 e. The van der Waals surface area contributed by atoms with Gasteiger partial charge in [-0.05, 0) is 47.6 Å². The molecule has 2 aromatic rings. The normalized spacial score (nSPS) is 16.7. The van der Waals surface area contributed by atoms with Crippen molar-refractivity contribution in [2.75, 3.05) is 0 Å². The molecule has 0 unspecified atom stereocenters. The van der Waals surface area contributed by atoms with E-state index in [0.717, 1.165) is 11.5 Å². The van der Waals surface area contributed by atoms with Gasteiger partial charge in [0.05, 0.1) is 0 Å². The second kappa shape index (κ2) is 5.39. The summed E-state index contributed by atoms with van der Waals surface area (Å²) in [6.07, 6.45) is 6.82. The van der Waals surface area contributed by atoms with E-state index in [0.29, 0.717) is 0 Å². The number of benzene rings is 2. The Morgan fingerprint density at radius 1 is 0.833 bits per heavy atom. The van der Waals surface area contributed by atoms with Crippen LogP contribution in [-0.2, 0) is 0 Å². The molecule has 0 bridgehead atoms. The fraction of sp³-hybridized carbons (Fsp3) is 0.333. The molecule has 1 aliphatic carbocycles. The average Bonchev–Trinajstić information content (AvgIpc) is 2.49. The van der Waals surface area contributed by atoms with Gasteiger partial charge >= 0.3 is 0 Å². The standard InChI is InChI=1S/C18H18/c1-3-8-15(9-4-1)17-12-7-13-18(14-17)16-10-5-2-6-11-16/h1,3-4,7-8,12-13,16H,2,5-6,10-11H2. The molecule has 1 fully saturated rings. The van der Waals surface area contributed by atoms with Crippen LogP contribution < -0.4 is 0 Å².